The Kier molecular flexibility index (Phi) is 4.80. The largest absolute Gasteiger partial charge is 0.495 e. The van der Waals surface area contributed by atoms with E-state index in [0.29, 0.717) is 22.7 Å². The quantitative estimate of drug-likeness (QED) is 0.497. The number of aromatic amines is 1. The van der Waals surface area contributed by atoms with E-state index in [0.717, 1.165) is 0 Å². The van der Waals surface area contributed by atoms with E-state index in [9.17, 15) is 14.3 Å². The lowest BCUT2D eigenvalue weighted by Gasteiger charge is -2.07. The van der Waals surface area contributed by atoms with Crippen LogP contribution in [0.25, 0.3) is 11.6 Å². The number of H-pyrrole nitrogens is 1. The lowest BCUT2D eigenvalue weighted by atomic mass is 9.98. The van der Waals surface area contributed by atoms with E-state index in [1.54, 1.807) is 18.3 Å². The van der Waals surface area contributed by atoms with Crippen molar-refractivity contribution in [3.8, 4) is 17.6 Å². The lowest BCUT2D eigenvalue weighted by molar-refractivity contribution is -0.110. The molecular weight excluding hydrogens is 337 g/mol. The van der Waals surface area contributed by atoms with Crippen LogP contribution in [0.3, 0.4) is 0 Å². The minimum Gasteiger partial charge on any atom is -0.495 e. The molecule has 3 rings (SSSR count). The highest BCUT2D eigenvalue weighted by Crippen LogP contribution is 2.37. The number of methoxy groups -OCH3 is 1. The first-order chi connectivity index (χ1) is 12.4. The number of aliphatic hydroxyl groups excluding tert-OH is 1. The summed E-state index contributed by atoms with van der Waals surface area (Å²) in [5, 5.41) is 12.2. The molecule has 0 saturated heterocycles. The highest BCUT2D eigenvalue weighted by atomic mass is 19.1. The average molecular weight is 355 g/mol. The van der Waals surface area contributed by atoms with Gasteiger partial charge in [-0.2, -0.15) is 0 Å². The summed E-state index contributed by atoms with van der Waals surface area (Å²) in [5.41, 5.74) is 7.41. The Labute approximate surface area is 149 Å². The van der Waals surface area contributed by atoms with E-state index >= 15 is 0 Å². The molecule has 7 heteroatoms. The summed E-state index contributed by atoms with van der Waals surface area (Å²) in [7, 11) is 1.52. The first kappa shape index (κ1) is 17.7. The van der Waals surface area contributed by atoms with Crippen molar-refractivity contribution in [2.45, 2.75) is 19.1 Å². The summed E-state index contributed by atoms with van der Waals surface area (Å²) >= 11 is 0. The summed E-state index contributed by atoms with van der Waals surface area (Å²) in [6.07, 6.45) is 2.40. The van der Waals surface area contributed by atoms with Gasteiger partial charge in [0.25, 0.3) is 5.91 Å². The van der Waals surface area contributed by atoms with E-state index in [-0.39, 0.29) is 17.0 Å². The summed E-state index contributed by atoms with van der Waals surface area (Å²) in [5.74, 6) is 4.90. The van der Waals surface area contributed by atoms with Gasteiger partial charge in [0.05, 0.1) is 41.8 Å². The third kappa shape index (κ3) is 3.20. The van der Waals surface area contributed by atoms with Gasteiger partial charge in [-0.3, -0.25) is 4.79 Å². The van der Waals surface area contributed by atoms with Gasteiger partial charge in [-0.15, -0.1) is 0 Å². The molecule has 26 heavy (non-hydrogen) atoms. The fraction of sp³-hybridized carbons (Fsp3) is 0.211. The molecule has 1 aliphatic heterocycles. The van der Waals surface area contributed by atoms with Gasteiger partial charge in [0.2, 0.25) is 0 Å². The maximum absolute atomic E-state index is 14.4. The second-order valence-corrected chi connectivity index (χ2v) is 5.85. The molecule has 0 unspecified atom stereocenters. The third-order valence-electron chi connectivity index (χ3n) is 4.05. The molecule has 0 bridgehead atoms. The zero-order valence-corrected chi connectivity index (χ0v) is 14.3. The maximum Gasteiger partial charge on any atom is 0.256 e. The van der Waals surface area contributed by atoms with E-state index < -0.39 is 18.0 Å². The number of amides is 1. The normalized spacial score (nSPS) is 16.5. The van der Waals surface area contributed by atoms with E-state index in [1.165, 1.54) is 26.2 Å². The van der Waals surface area contributed by atoms with Gasteiger partial charge in [-0.1, -0.05) is 11.8 Å². The average Bonchev–Trinajstić information content (AvgIpc) is 3.18. The second kappa shape index (κ2) is 7.04. The predicted molar refractivity (Wildman–Crippen MR) is 96.8 cm³/mol. The van der Waals surface area contributed by atoms with E-state index in [4.69, 9.17) is 10.5 Å². The number of aromatic nitrogens is 1. The van der Waals surface area contributed by atoms with E-state index in [1.807, 2.05) is 0 Å². The SMILES string of the molecule is COc1cc[nH]c1/C=C1\C(=O)Nc2ccc(F)c(C#C[C@@H](N)[C@@H](C)O)c21. The van der Waals surface area contributed by atoms with Crippen LogP contribution in [0, 0.1) is 17.7 Å². The van der Waals surface area contributed by atoms with Crippen molar-refractivity contribution < 1.29 is 19.0 Å². The molecule has 134 valence electrons. The molecule has 0 saturated carbocycles. The summed E-state index contributed by atoms with van der Waals surface area (Å²) < 4.78 is 19.6. The molecule has 1 aliphatic rings. The highest BCUT2D eigenvalue weighted by molar-refractivity contribution is 6.35. The van der Waals surface area contributed by atoms with Crippen molar-refractivity contribution in [2.24, 2.45) is 5.73 Å². The predicted octanol–water partition coefficient (Wildman–Crippen LogP) is 1.71. The Bertz CT molecular complexity index is 951. The molecule has 2 aromatic rings. The van der Waals surface area contributed by atoms with Gasteiger partial charge < -0.3 is 25.9 Å². The first-order valence-electron chi connectivity index (χ1n) is 7.95. The van der Waals surface area contributed by atoms with Crippen LogP contribution >= 0.6 is 0 Å². The lowest BCUT2D eigenvalue weighted by Crippen LogP contribution is -2.30. The molecule has 5 N–H and O–H groups in total. The molecule has 0 aliphatic carbocycles. The number of anilines is 1. The molecule has 1 aromatic carbocycles. The van der Waals surface area contributed by atoms with E-state index in [2.05, 4.69) is 22.1 Å². The number of carbonyl (C=O) groups is 1. The fourth-order valence-corrected chi connectivity index (χ4v) is 2.60. The summed E-state index contributed by atoms with van der Waals surface area (Å²) in [6, 6.07) is 3.60. The number of nitrogens with one attached hydrogen (secondary N) is 2. The van der Waals surface area contributed by atoms with Crippen LogP contribution in [-0.2, 0) is 4.79 Å². The van der Waals surface area contributed by atoms with Gasteiger partial charge in [0, 0.05) is 11.8 Å². The minimum absolute atomic E-state index is 0.0497. The number of fused-ring (bicyclic) bond motifs is 1. The van der Waals surface area contributed by atoms with Crippen molar-refractivity contribution in [2.75, 3.05) is 12.4 Å². The summed E-state index contributed by atoms with van der Waals surface area (Å²) in [6.45, 7) is 1.50. The van der Waals surface area contributed by atoms with Crippen LogP contribution in [0.4, 0.5) is 10.1 Å². The standard InChI is InChI=1S/C19H18FN3O3/c1-10(24)14(21)5-3-11-13(20)4-6-15-18(11)12(19(25)23-15)9-16-17(26-2)7-8-22-16/h4,6-10,14,22,24H,21H2,1-2H3,(H,23,25)/b12-9-/t10-,14-/m1/s1. The Hall–Kier alpha value is -3.08. The number of carbonyl (C=O) groups excluding carboxylic acids is 1. The third-order valence-corrected chi connectivity index (χ3v) is 4.05. The van der Waals surface area contributed by atoms with Crippen LogP contribution in [0.2, 0.25) is 0 Å². The fourth-order valence-electron chi connectivity index (χ4n) is 2.60. The molecular formula is C19H18FN3O3. The number of halogens is 1. The van der Waals surface area contributed by atoms with Crippen LogP contribution < -0.4 is 15.8 Å². The number of aliphatic hydroxyl groups is 1. The van der Waals surface area contributed by atoms with Crippen LogP contribution in [0.5, 0.6) is 5.75 Å². The van der Waals surface area contributed by atoms with Gasteiger partial charge >= 0.3 is 0 Å². The Balaban J connectivity index is 2.14. The van der Waals surface area contributed by atoms with Crippen molar-refractivity contribution in [1.29, 1.82) is 0 Å². The Morgan fingerprint density at radius 3 is 2.85 bits per heavy atom. The van der Waals surface area contributed by atoms with Crippen molar-refractivity contribution in [3.05, 3.63) is 47.0 Å². The monoisotopic (exact) mass is 355 g/mol. The number of rotatable bonds is 3. The molecule has 1 aromatic heterocycles. The van der Waals surface area contributed by atoms with Crippen molar-refractivity contribution >= 4 is 23.2 Å². The Morgan fingerprint density at radius 2 is 2.15 bits per heavy atom. The summed E-state index contributed by atoms with van der Waals surface area (Å²) in [4.78, 5) is 15.4. The Morgan fingerprint density at radius 1 is 1.38 bits per heavy atom. The molecule has 2 heterocycles. The molecule has 0 radical (unpaired) electrons. The molecule has 2 atom stereocenters. The van der Waals surface area contributed by atoms with Gasteiger partial charge in [0.1, 0.15) is 11.6 Å². The van der Waals surface area contributed by atoms with Crippen molar-refractivity contribution in [3.63, 3.8) is 0 Å². The zero-order chi connectivity index (χ0) is 18.8. The van der Waals surface area contributed by atoms with Crippen LogP contribution in [-0.4, -0.2) is 35.3 Å². The zero-order valence-electron chi connectivity index (χ0n) is 14.3. The maximum atomic E-state index is 14.4. The second-order valence-electron chi connectivity index (χ2n) is 5.85. The molecule has 6 nitrogen and oxygen atoms in total. The van der Waals surface area contributed by atoms with Gasteiger partial charge in [-0.05, 0) is 31.2 Å². The molecule has 0 spiro atoms. The van der Waals surface area contributed by atoms with Crippen LogP contribution in [0.15, 0.2) is 24.4 Å². The topological polar surface area (TPSA) is 100 Å². The highest BCUT2D eigenvalue weighted by Gasteiger charge is 2.29. The number of ether oxygens (including phenoxy) is 1. The first-order valence-corrected chi connectivity index (χ1v) is 7.95. The molecule has 1 amide bonds. The number of hydrogen-bond donors (Lipinski definition) is 4. The number of benzene rings is 1. The number of hydrogen-bond acceptors (Lipinski definition) is 4. The molecule has 0 fully saturated rings. The van der Waals surface area contributed by atoms with Gasteiger partial charge in [-0.25, -0.2) is 4.39 Å². The van der Waals surface area contributed by atoms with Crippen LogP contribution in [0.1, 0.15) is 23.7 Å². The minimum atomic E-state index is -0.861. The van der Waals surface area contributed by atoms with Crippen molar-refractivity contribution in [1.82, 2.24) is 4.98 Å². The smallest absolute Gasteiger partial charge is 0.256 e. The van der Waals surface area contributed by atoms with Gasteiger partial charge in [0.15, 0.2) is 0 Å². The number of nitrogens with two attached hydrogens (primary N) is 1.